The minimum Gasteiger partial charge on any atom is -0.464 e. The van der Waals surface area contributed by atoms with Gasteiger partial charge in [0.25, 0.3) is 0 Å². The normalized spacial score (nSPS) is 10.5. The van der Waals surface area contributed by atoms with Gasteiger partial charge in [-0.15, -0.1) is 5.11 Å². The SMILES string of the molecule is CC(=O)OCCN(CCC#N)c1ccc(N=Nc2cc(F)c([N+](=O)[O-])cc2[N+](=O)[O-])cc1. The van der Waals surface area contributed by atoms with Crippen LogP contribution in [0.3, 0.4) is 0 Å². The van der Waals surface area contributed by atoms with Crippen LogP contribution in [0, 0.1) is 37.4 Å². The third-order valence-corrected chi connectivity index (χ3v) is 4.09. The van der Waals surface area contributed by atoms with E-state index < -0.39 is 38.7 Å². The molecule has 0 aliphatic rings. The van der Waals surface area contributed by atoms with Gasteiger partial charge in [-0.25, -0.2) is 0 Å². The Morgan fingerprint density at radius 2 is 1.78 bits per heavy atom. The second kappa shape index (κ2) is 11.1. The lowest BCUT2D eigenvalue weighted by atomic mass is 10.2. The van der Waals surface area contributed by atoms with Crippen LogP contribution in [0.2, 0.25) is 0 Å². The number of nitriles is 1. The molecule has 0 saturated carbocycles. The van der Waals surface area contributed by atoms with Gasteiger partial charge in [0.05, 0.1) is 40.6 Å². The molecule has 2 rings (SSSR count). The van der Waals surface area contributed by atoms with Gasteiger partial charge < -0.3 is 9.64 Å². The van der Waals surface area contributed by atoms with Crippen molar-refractivity contribution in [2.24, 2.45) is 10.2 Å². The van der Waals surface area contributed by atoms with Crippen molar-refractivity contribution in [3.8, 4) is 6.07 Å². The maximum Gasteiger partial charge on any atom is 0.311 e. The number of benzene rings is 2. The molecule has 12 nitrogen and oxygen atoms in total. The molecular formula is C19H17FN6O6. The Labute approximate surface area is 180 Å². The van der Waals surface area contributed by atoms with Crippen molar-refractivity contribution >= 4 is 34.4 Å². The number of nitro groups is 2. The molecule has 0 saturated heterocycles. The molecule has 0 aromatic heterocycles. The molecule has 2 aromatic carbocycles. The van der Waals surface area contributed by atoms with Crippen LogP contribution in [0.5, 0.6) is 0 Å². The van der Waals surface area contributed by atoms with Gasteiger partial charge in [0.15, 0.2) is 5.69 Å². The lowest BCUT2D eigenvalue weighted by molar-refractivity contribution is -0.395. The van der Waals surface area contributed by atoms with Gasteiger partial charge in [-0.3, -0.25) is 25.0 Å². The average Bonchev–Trinajstić information content (AvgIpc) is 2.74. The summed E-state index contributed by atoms with van der Waals surface area (Å²) >= 11 is 0. The second-order valence-corrected chi connectivity index (χ2v) is 6.26. The molecule has 0 unspecified atom stereocenters. The molecule has 0 aliphatic carbocycles. The van der Waals surface area contributed by atoms with Gasteiger partial charge in [0, 0.05) is 25.2 Å². The fraction of sp³-hybridized carbons (Fsp3) is 0.263. The Bertz CT molecular complexity index is 1080. The van der Waals surface area contributed by atoms with E-state index in [0.29, 0.717) is 30.9 Å². The van der Waals surface area contributed by atoms with E-state index in [9.17, 15) is 29.4 Å². The van der Waals surface area contributed by atoms with Crippen molar-refractivity contribution in [2.45, 2.75) is 13.3 Å². The Kier molecular flexibility index (Phi) is 8.23. The minimum atomic E-state index is -1.27. The van der Waals surface area contributed by atoms with Crippen molar-refractivity contribution < 1.29 is 23.8 Å². The van der Waals surface area contributed by atoms with Gasteiger partial charge in [-0.05, 0) is 24.3 Å². The largest absolute Gasteiger partial charge is 0.464 e. The number of nitrogens with zero attached hydrogens (tertiary/aromatic N) is 6. The molecule has 0 N–H and O–H groups in total. The first-order chi connectivity index (χ1) is 15.2. The predicted molar refractivity (Wildman–Crippen MR) is 109 cm³/mol. The van der Waals surface area contributed by atoms with Crippen molar-refractivity contribution in [1.29, 1.82) is 5.26 Å². The van der Waals surface area contributed by atoms with E-state index in [0.717, 1.165) is 0 Å². The highest BCUT2D eigenvalue weighted by Crippen LogP contribution is 2.35. The van der Waals surface area contributed by atoms with E-state index in [-0.39, 0.29) is 18.7 Å². The molecule has 0 heterocycles. The average molecular weight is 444 g/mol. The summed E-state index contributed by atoms with van der Waals surface area (Å²) in [6.45, 7) is 2.18. The van der Waals surface area contributed by atoms with Crippen molar-refractivity contribution in [2.75, 3.05) is 24.6 Å². The summed E-state index contributed by atoms with van der Waals surface area (Å²) < 4.78 is 18.8. The summed E-state index contributed by atoms with van der Waals surface area (Å²) in [5.41, 5.74) is -1.28. The Hall–Kier alpha value is -4.47. The lowest BCUT2D eigenvalue weighted by Gasteiger charge is -2.23. The number of nitro benzene ring substituents is 2. The molecule has 0 amide bonds. The number of carbonyl (C=O) groups excluding carboxylic acids is 1. The molecule has 0 aliphatic heterocycles. The molecule has 0 spiro atoms. The summed E-state index contributed by atoms with van der Waals surface area (Å²) in [5.74, 6) is -1.69. The predicted octanol–water partition coefficient (Wildman–Crippen LogP) is 4.34. The molecule has 2 aromatic rings. The Morgan fingerprint density at radius 3 is 2.34 bits per heavy atom. The molecule has 0 fully saturated rings. The smallest absolute Gasteiger partial charge is 0.311 e. The topological polar surface area (TPSA) is 164 Å². The van der Waals surface area contributed by atoms with E-state index >= 15 is 0 Å². The molecule has 0 atom stereocenters. The first-order valence-electron chi connectivity index (χ1n) is 9.12. The van der Waals surface area contributed by atoms with E-state index in [1.54, 1.807) is 12.1 Å². The minimum absolute atomic E-state index is 0.137. The molecular weight excluding hydrogens is 427 g/mol. The summed E-state index contributed by atoms with van der Waals surface area (Å²) in [4.78, 5) is 32.7. The number of carbonyl (C=O) groups is 1. The summed E-state index contributed by atoms with van der Waals surface area (Å²) in [6, 6.07) is 9.49. The van der Waals surface area contributed by atoms with Gasteiger partial charge in [0.2, 0.25) is 5.82 Å². The van der Waals surface area contributed by atoms with E-state index in [4.69, 9.17) is 10.00 Å². The van der Waals surface area contributed by atoms with Gasteiger partial charge in [-0.1, -0.05) is 0 Å². The number of anilines is 1. The van der Waals surface area contributed by atoms with Crippen LogP contribution in [-0.4, -0.2) is 35.5 Å². The summed E-state index contributed by atoms with van der Waals surface area (Å²) in [5, 5.41) is 38.2. The highest BCUT2D eigenvalue weighted by Gasteiger charge is 2.24. The Balaban J connectivity index is 2.23. The highest BCUT2D eigenvalue weighted by atomic mass is 19.1. The van der Waals surface area contributed by atoms with Gasteiger partial charge in [-0.2, -0.15) is 14.8 Å². The van der Waals surface area contributed by atoms with Gasteiger partial charge in [0.1, 0.15) is 6.61 Å². The van der Waals surface area contributed by atoms with Crippen LogP contribution < -0.4 is 4.90 Å². The molecule has 166 valence electrons. The fourth-order valence-electron chi connectivity index (χ4n) is 2.60. The molecule has 0 bridgehead atoms. The van der Waals surface area contributed by atoms with Crippen LogP contribution in [0.4, 0.5) is 32.8 Å². The maximum atomic E-state index is 13.8. The van der Waals surface area contributed by atoms with Gasteiger partial charge >= 0.3 is 17.3 Å². The molecule has 0 radical (unpaired) electrons. The second-order valence-electron chi connectivity index (χ2n) is 6.26. The summed E-state index contributed by atoms with van der Waals surface area (Å²) in [7, 11) is 0. The molecule has 32 heavy (non-hydrogen) atoms. The number of hydrogen-bond donors (Lipinski definition) is 0. The zero-order valence-corrected chi connectivity index (χ0v) is 16.8. The van der Waals surface area contributed by atoms with E-state index in [2.05, 4.69) is 10.2 Å². The number of halogens is 1. The highest BCUT2D eigenvalue weighted by molar-refractivity contribution is 5.66. The Morgan fingerprint density at radius 1 is 1.12 bits per heavy atom. The number of ether oxygens (including phenoxy) is 1. The third kappa shape index (κ3) is 6.52. The van der Waals surface area contributed by atoms with Crippen molar-refractivity contribution in [3.63, 3.8) is 0 Å². The quantitative estimate of drug-likeness (QED) is 0.226. The number of esters is 1. The van der Waals surface area contributed by atoms with E-state index in [1.807, 2.05) is 11.0 Å². The first kappa shape index (κ1) is 23.8. The van der Waals surface area contributed by atoms with E-state index in [1.165, 1.54) is 19.1 Å². The zero-order chi connectivity index (χ0) is 23.7. The first-order valence-corrected chi connectivity index (χ1v) is 9.12. The monoisotopic (exact) mass is 444 g/mol. The van der Waals surface area contributed by atoms with Crippen LogP contribution in [-0.2, 0) is 9.53 Å². The molecule has 13 heteroatoms. The summed E-state index contributed by atoms with van der Waals surface area (Å²) in [6.07, 6.45) is 0.247. The third-order valence-electron chi connectivity index (χ3n) is 4.09. The van der Waals surface area contributed by atoms with Crippen LogP contribution in [0.15, 0.2) is 46.6 Å². The van der Waals surface area contributed by atoms with Crippen LogP contribution >= 0.6 is 0 Å². The zero-order valence-electron chi connectivity index (χ0n) is 16.8. The van der Waals surface area contributed by atoms with Crippen molar-refractivity contribution in [1.82, 2.24) is 0 Å². The van der Waals surface area contributed by atoms with Crippen LogP contribution in [0.25, 0.3) is 0 Å². The number of azo groups is 1. The lowest BCUT2D eigenvalue weighted by Crippen LogP contribution is -2.28. The number of hydrogen-bond acceptors (Lipinski definition) is 10. The number of rotatable bonds is 10. The fourth-order valence-corrected chi connectivity index (χ4v) is 2.60. The maximum absolute atomic E-state index is 13.8. The van der Waals surface area contributed by atoms with Crippen LogP contribution in [0.1, 0.15) is 13.3 Å². The standard InChI is InChI=1S/C19H17FN6O6/c1-13(27)32-10-9-24(8-2-7-21)15-5-3-14(4-6-15)22-23-17-11-16(20)18(25(28)29)12-19(17)26(30)31/h3-6,11-12H,2,8-10H2,1H3. The van der Waals surface area contributed by atoms with Crippen molar-refractivity contribution in [3.05, 3.63) is 62.4 Å².